The van der Waals surface area contributed by atoms with E-state index in [9.17, 15) is 4.79 Å². The van der Waals surface area contributed by atoms with E-state index in [4.69, 9.17) is 0 Å². The third-order valence-corrected chi connectivity index (χ3v) is 4.31. The fraction of sp³-hybridized carbons (Fsp3) is 0.714. The van der Waals surface area contributed by atoms with Crippen molar-refractivity contribution in [3.63, 3.8) is 0 Å². The van der Waals surface area contributed by atoms with Crippen LogP contribution in [-0.2, 0) is 0 Å². The van der Waals surface area contributed by atoms with Gasteiger partial charge in [0.2, 0.25) is 0 Å². The number of nitrogens with one attached hydrogen (secondary N) is 2. The monoisotopic (exact) mass is 247 g/mol. The van der Waals surface area contributed by atoms with Crippen molar-refractivity contribution < 1.29 is 0 Å². The summed E-state index contributed by atoms with van der Waals surface area (Å²) in [5, 5.41) is 3.35. The summed E-state index contributed by atoms with van der Waals surface area (Å²) in [6, 6.07) is 1.57. The molecule has 2 aliphatic rings. The largest absolute Gasteiger partial charge is 0.370 e. The first-order chi connectivity index (χ1) is 8.72. The first-order valence-corrected chi connectivity index (χ1v) is 7.07. The van der Waals surface area contributed by atoms with Gasteiger partial charge in [0.15, 0.2) is 0 Å². The standard InChI is InChI=1S/C14H21N3O/c1-9-3-2-4-11(9)8-15-12-7-13(18)17-14(16-12)10-5-6-10/h7,9-11H,2-6,8H2,1H3,(H2,15,16,17,18). The Bertz CT molecular complexity index is 478. The smallest absolute Gasteiger partial charge is 0.252 e. The Kier molecular flexibility index (Phi) is 3.10. The van der Waals surface area contributed by atoms with E-state index in [1.54, 1.807) is 6.07 Å². The second-order valence-corrected chi connectivity index (χ2v) is 5.84. The fourth-order valence-corrected chi connectivity index (χ4v) is 2.88. The van der Waals surface area contributed by atoms with Crippen LogP contribution in [-0.4, -0.2) is 16.5 Å². The quantitative estimate of drug-likeness (QED) is 0.859. The average Bonchev–Trinajstić information content (AvgIpc) is 3.11. The molecular weight excluding hydrogens is 226 g/mol. The zero-order chi connectivity index (χ0) is 12.5. The normalized spacial score (nSPS) is 27.4. The molecule has 98 valence electrons. The van der Waals surface area contributed by atoms with Gasteiger partial charge in [0, 0.05) is 18.5 Å². The number of anilines is 1. The van der Waals surface area contributed by atoms with Crippen LogP contribution in [0.2, 0.25) is 0 Å². The summed E-state index contributed by atoms with van der Waals surface area (Å²) in [5.74, 6) is 3.63. The molecule has 2 unspecified atom stereocenters. The van der Waals surface area contributed by atoms with E-state index in [0.29, 0.717) is 5.92 Å². The van der Waals surface area contributed by atoms with Gasteiger partial charge < -0.3 is 10.3 Å². The van der Waals surface area contributed by atoms with E-state index in [-0.39, 0.29) is 5.56 Å². The molecule has 0 bridgehead atoms. The molecule has 1 aromatic rings. The molecule has 2 aliphatic carbocycles. The average molecular weight is 247 g/mol. The zero-order valence-corrected chi connectivity index (χ0v) is 10.9. The van der Waals surface area contributed by atoms with Crippen molar-refractivity contribution in [2.75, 3.05) is 11.9 Å². The Hall–Kier alpha value is -1.32. The molecule has 0 saturated heterocycles. The molecule has 1 heterocycles. The topological polar surface area (TPSA) is 57.8 Å². The van der Waals surface area contributed by atoms with Gasteiger partial charge in [-0.2, -0.15) is 0 Å². The third-order valence-electron chi connectivity index (χ3n) is 4.31. The summed E-state index contributed by atoms with van der Waals surface area (Å²) in [6.07, 6.45) is 6.29. The summed E-state index contributed by atoms with van der Waals surface area (Å²) in [7, 11) is 0. The van der Waals surface area contributed by atoms with Crippen molar-refractivity contribution in [3.05, 3.63) is 22.2 Å². The van der Waals surface area contributed by atoms with Gasteiger partial charge in [-0.1, -0.05) is 19.8 Å². The molecule has 4 heteroatoms. The predicted molar refractivity (Wildman–Crippen MR) is 71.8 cm³/mol. The van der Waals surface area contributed by atoms with Gasteiger partial charge >= 0.3 is 0 Å². The predicted octanol–water partition coefficient (Wildman–Crippen LogP) is 2.50. The van der Waals surface area contributed by atoms with E-state index in [1.807, 2.05) is 0 Å². The molecular formula is C14H21N3O. The molecule has 1 aromatic heterocycles. The van der Waals surface area contributed by atoms with E-state index in [0.717, 1.165) is 42.9 Å². The van der Waals surface area contributed by atoms with Gasteiger partial charge in [-0.15, -0.1) is 0 Å². The van der Waals surface area contributed by atoms with Gasteiger partial charge in [-0.25, -0.2) is 4.98 Å². The van der Waals surface area contributed by atoms with Gasteiger partial charge in [-0.05, 0) is 31.1 Å². The van der Waals surface area contributed by atoms with Crippen LogP contribution in [0.1, 0.15) is 50.8 Å². The highest BCUT2D eigenvalue weighted by atomic mass is 16.1. The van der Waals surface area contributed by atoms with E-state index < -0.39 is 0 Å². The lowest BCUT2D eigenvalue weighted by atomic mass is 9.98. The van der Waals surface area contributed by atoms with Gasteiger partial charge in [0.1, 0.15) is 11.6 Å². The third kappa shape index (κ3) is 2.57. The molecule has 2 fully saturated rings. The number of rotatable bonds is 4. The van der Waals surface area contributed by atoms with E-state index in [2.05, 4.69) is 22.2 Å². The van der Waals surface area contributed by atoms with Gasteiger partial charge in [0.25, 0.3) is 5.56 Å². The maximum Gasteiger partial charge on any atom is 0.252 e. The molecule has 3 rings (SSSR count). The van der Waals surface area contributed by atoms with Crippen LogP contribution in [0.25, 0.3) is 0 Å². The van der Waals surface area contributed by atoms with Gasteiger partial charge in [-0.3, -0.25) is 4.79 Å². The molecule has 4 nitrogen and oxygen atoms in total. The summed E-state index contributed by atoms with van der Waals surface area (Å²) < 4.78 is 0. The molecule has 2 N–H and O–H groups in total. The Labute approximate surface area is 107 Å². The van der Waals surface area contributed by atoms with E-state index in [1.165, 1.54) is 19.3 Å². The second-order valence-electron chi connectivity index (χ2n) is 5.84. The maximum atomic E-state index is 11.6. The SMILES string of the molecule is CC1CCCC1CNc1cc(=O)[nH]c(C2CC2)n1. The van der Waals surface area contributed by atoms with Crippen LogP contribution < -0.4 is 10.9 Å². The zero-order valence-electron chi connectivity index (χ0n) is 10.9. The van der Waals surface area contributed by atoms with Crippen LogP contribution in [0.15, 0.2) is 10.9 Å². The summed E-state index contributed by atoms with van der Waals surface area (Å²) in [6.45, 7) is 3.27. The van der Waals surface area contributed by atoms with Crippen molar-refractivity contribution in [1.82, 2.24) is 9.97 Å². The van der Waals surface area contributed by atoms with Crippen molar-refractivity contribution in [3.8, 4) is 0 Å². The Balaban J connectivity index is 1.66. The molecule has 0 radical (unpaired) electrons. The molecule has 18 heavy (non-hydrogen) atoms. The fourth-order valence-electron chi connectivity index (χ4n) is 2.88. The Morgan fingerprint density at radius 1 is 1.39 bits per heavy atom. The summed E-state index contributed by atoms with van der Waals surface area (Å²) in [5.41, 5.74) is -0.0335. The summed E-state index contributed by atoms with van der Waals surface area (Å²) >= 11 is 0. The van der Waals surface area contributed by atoms with Crippen LogP contribution in [0.5, 0.6) is 0 Å². The first kappa shape index (κ1) is 11.8. The molecule has 2 saturated carbocycles. The number of hydrogen-bond donors (Lipinski definition) is 2. The lowest BCUT2D eigenvalue weighted by Gasteiger charge is -2.16. The molecule has 0 spiro atoms. The minimum absolute atomic E-state index is 0.0335. The van der Waals surface area contributed by atoms with E-state index >= 15 is 0 Å². The minimum Gasteiger partial charge on any atom is -0.370 e. The van der Waals surface area contributed by atoms with Crippen LogP contribution >= 0.6 is 0 Å². The Morgan fingerprint density at radius 3 is 2.89 bits per heavy atom. The van der Waals surface area contributed by atoms with Crippen molar-refractivity contribution >= 4 is 5.82 Å². The van der Waals surface area contributed by atoms with Gasteiger partial charge in [0.05, 0.1) is 0 Å². The minimum atomic E-state index is -0.0335. The number of aromatic nitrogens is 2. The lowest BCUT2D eigenvalue weighted by Crippen LogP contribution is -2.19. The highest BCUT2D eigenvalue weighted by molar-refractivity contribution is 5.34. The Morgan fingerprint density at radius 2 is 2.22 bits per heavy atom. The van der Waals surface area contributed by atoms with Crippen LogP contribution in [0, 0.1) is 11.8 Å². The maximum absolute atomic E-state index is 11.6. The molecule has 0 aromatic carbocycles. The first-order valence-electron chi connectivity index (χ1n) is 7.07. The number of H-pyrrole nitrogens is 1. The molecule has 0 amide bonds. The molecule has 2 atom stereocenters. The summed E-state index contributed by atoms with van der Waals surface area (Å²) in [4.78, 5) is 18.9. The van der Waals surface area contributed by atoms with Crippen molar-refractivity contribution in [2.45, 2.75) is 44.9 Å². The van der Waals surface area contributed by atoms with Crippen molar-refractivity contribution in [2.24, 2.45) is 11.8 Å². The van der Waals surface area contributed by atoms with Crippen LogP contribution in [0.4, 0.5) is 5.82 Å². The highest BCUT2D eigenvalue weighted by Crippen LogP contribution is 2.37. The molecule has 0 aliphatic heterocycles. The number of hydrogen-bond acceptors (Lipinski definition) is 3. The number of nitrogens with zero attached hydrogens (tertiary/aromatic N) is 1. The lowest BCUT2D eigenvalue weighted by molar-refractivity contribution is 0.439. The highest BCUT2D eigenvalue weighted by Gasteiger charge is 2.27. The number of aromatic amines is 1. The van der Waals surface area contributed by atoms with Crippen molar-refractivity contribution in [1.29, 1.82) is 0 Å². The second kappa shape index (κ2) is 4.75. The van der Waals surface area contributed by atoms with Crippen LogP contribution in [0.3, 0.4) is 0 Å².